The lowest BCUT2D eigenvalue weighted by molar-refractivity contribution is -0.138. The molecule has 2 saturated carbocycles. The number of nitrogens with one attached hydrogen (secondary N) is 1. The van der Waals surface area contributed by atoms with E-state index in [1.807, 2.05) is 0 Å². The Kier molecular flexibility index (Phi) is 8.18. The molecule has 1 aromatic heterocycles. The fourth-order valence-electron chi connectivity index (χ4n) is 5.02. The van der Waals surface area contributed by atoms with E-state index in [4.69, 9.17) is 0 Å². The fraction of sp³-hybridized carbons (Fsp3) is 0.792. The van der Waals surface area contributed by atoms with E-state index in [-0.39, 0.29) is 12.1 Å². The van der Waals surface area contributed by atoms with Gasteiger partial charge in [0.15, 0.2) is 5.13 Å². The van der Waals surface area contributed by atoms with Crippen molar-refractivity contribution in [1.82, 2.24) is 9.88 Å². The van der Waals surface area contributed by atoms with Crippen molar-refractivity contribution in [3.63, 3.8) is 0 Å². The van der Waals surface area contributed by atoms with Crippen LogP contribution in [0.1, 0.15) is 92.4 Å². The Labute approximate surface area is 200 Å². The Bertz CT molecular complexity index is 789. The van der Waals surface area contributed by atoms with E-state index in [1.165, 1.54) is 55.2 Å². The molecule has 2 amide bonds. The first-order chi connectivity index (χ1) is 15.0. The average Bonchev–Trinajstić information content (AvgIpc) is 3.14. The molecule has 0 aliphatic heterocycles. The molecule has 2 fully saturated rings. The van der Waals surface area contributed by atoms with E-state index in [0.29, 0.717) is 22.5 Å². The second kappa shape index (κ2) is 10.3. The molecule has 0 unspecified atom stereocenters. The third-order valence-electron chi connectivity index (χ3n) is 7.09. The topological polar surface area (TPSA) is 82.5 Å². The summed E-state index contributed by atoms with van der Waals surface area (Å²) in [5.74, 6) is -0.151. The predicted octanol–water partition coefficient (Wildman–Crippen LogP) is 6.87. The van der Waals surface area contributed by atoms with Crippen LogP contribution in [0.15, 0.2) is 10.4 Å². The summed E-state index contributed by atoms with van der Waals surface area (Å²) >= 11 is 2.61. The first-order valence-corrected chi connectivity index (χ1v) is 13.6. The van der Waals surface area contributed by atoms with E-state index in [0.717, 1.165) is 29.9 Å². The Balaban J connectivity index is 1.69. The van der Waals surface area contributed by atoms with Crippen molar-refractivity contribution < 1.29 is 14.7 Å². The van der Waals surface area contributed by atoms with Gasteiger partial charge in [-0.15, -0.1) is 0 Å². The summed E-state index contributed by atoms with van der Waals surface area (Å²) in [7, 11) is 0. The number of carboxylic acid groups (broad SMARTS) is 1. The van der Waals surface area contributed by atoms with Crippen LogP contribution in [0.5, 0.6) is 0 Å². The Morgan fingerprint density at radius 3 is 2.19 bits per heavy atom. The number of carbonyl (C=O) groups excluding carboxylic acids is 1. The third-order valence-corrected chi connectivity index (χ3v) is 9.29. The van der Waals surface area contributed by atoms with Gasteiger partial charge in [0.1, 0.15) is 4.75 Å². The molecule has 2 aliphatic carbocycles. The Hall–Kier alpha value is -1.28. The van der Waals surface area contributed by atoms with Gasteiger partial charge in [0, 0.05) is 12.1 Å². The molecular weight excluding hydrogens is 442 g/mol. The molecule has 6 nitrogen and oxygen atoms in total. The zero-order valence-corrected chi connectivity index (χ0v) is 21.8. The number of hydrogen-bond acceptors (Lipinski definition) is 5. The predicted molar refractivity (Wildman–Crippen MR) is 133 cm³/mol. The molecule has 2 N–H and O–H groups in total. The zero-order valence-electron chi connectivity index (χ0n) is 20.1. The number of hydrogen-bond donors (Lipinski definition) is 2. The minimum Gasteiger partial charge on any atom is -0.480 e. The van der Waals surface area contributed by atoms with Crippen molar-refractivity contribution in [3.8, 4) is 0 Å². The maximum atomic E-state index is 13.5. The first kappa shape index (κ1) is 25.3. The van der Waals surface area contributed by atoms with E-state index < -0.39 is 10.7 Å². The Morgan fingerprint density at radius 2 is 1.62 bits per heavy atom. The zero-order chi connectivity index (χ0) is 23.5. The number of thiazole rings is 1. The molecule has 8 heteroatoms. The van der Waals surface area contributed by atoms with Crippen LogP contribution < -0.4 is 5.32 Å². The lowest BCUT2D eigenvalue weighted by Gasteiger charge is -2.44. The van der Waals surface area contributed by atoms with E-state index >= 15 is 0 Å². The highest BCUT2D eigenvalue weighted by Crippen LogP contribution is 2.41. The minimum atomic E-state index is -0.937. The lowest BCUT2D eigenvalue weighted by Crippen LogP contribution is -2.51. The number of carboxylic acids is 1. The number of anilines is 1. The van der Waals surface area contributed by atoms with Gasteiger partial charge in [-0.2, -0.15) is 0 Å². The van der Waals surface area contributed by atoms with Crippen molar-refractivity contribution in [2.45, 2.75) is 113 Å². The van der Waals surface area contributed by atoms with Gasteiger partial charge in [-0.05, 0) is 63.7 Å². The van der Waals surface area contributed by atoms with Crippen LogP contribution in [0.3, 0.4) is 0 Å². The number of aliphatic carboxylic acids is 1. The molecule has 0 spiro atoms. The summed E-state index contributed by atoms with van der Waals surface area (Å²) in [5, 5.41) is 13.0. The molecule has 0 atom stereocenters. The van der Waals surface area contributed by atoms with Crippen molar-refractivity contribution >= 4 is 40.2 Å². The van der Waals surface area contributed by atoms with Gasteiger partial charge in [0.2, 0.25) is 0 Å². The minimum absolute atomic E-state index is 0.0421. The highest BCUT2D eigenvalue weighted by Gasteiger charge is 2.37. The molecule has 0 aromatic carbocycles. The van der Waals surface area contributed by atoms with Crippen molar-refractivity contribution in [2.75, 3.05) is 5.32 Å². The first-order valence-electron chi connectivity index (χ1n) is 11.9. The number of carbonyl (C=O) groups is 2. The smallest absolute Gasteiger partial charge is 0.324 e. The number of rotatable bonds is 6. The number of urea groups is 1. The molecule has 0 bridgehead atoms. The van der Waals surface area contributed by atoms with Crippen LogP contribution in [0.25, 0.3) is 0 Å². The molecule has 2 aliphatic rings. The second-order valence-electron chi connectivity index (χ2n) is 10.9. The molecular formula is C24H39N3O3S2. The number of thioether (sulfide) groups is 1. The monoisotopic (exact) mass is 481 g/mol. The van der Waals surface area contributed by atoms with Crippen LogP contribution in [-0.4, -0.2) is 43.8 Å². The van der Waals surface area contributed by atoms with Gasteiger partial charge in [0.05, 0.1) is 10.4 Å². The van der Waals surface area contributed by atoms with Crippen molar-refractivity contribution in [2.24, 2.45) is 11.3 Å². The van der Waals surface area contributed by atoms with Crippen molar-refractivity contribution in [3.05, 3.63) is 6.20 Å². The fourth-order valence-corrected chi connectivity index (χ4v) is 7.29. The number of nitrogens with zero attached hydrogens (tertiary/aromatic N) is 2. The van der Waals surface area contributed by atoms with Gasteiger partial charge < -0.3 is 10.0 Å². The molecule has 1 heterocycles. The van der Waals surface area contributed by atoms with Gasteiger partial charge in [-0.1, -0.05) is 63.1 Å². The van der Waals surface area contributed by atoms with Crippen LogP contribution in [0.2, 0.25) is 0 Å². The highest BCUT2D eigenvalue weighted by atomic mass is 32.2. The molecule has 32 heavy (non-hydrogen) atoms. The normalized spacial score (nSPS) is 23.0. The van der Waals surface area contributed by atoms with Crippen LogP contribution in [0, 0.1) is 11.3 Å². The van der Waals surface area contributed by atoms with E-state index in [2.05, 4.69) is 36.0 Å². The third kappa shape index (κ3) is 6.40. The summed E-state index contributed by atoms with van der Waals surface area (Å²) in [6.07, 6.45) is 11.9. The lowest BCUT2D eigenvalue weighted by atomic mass is 9.71. The summed E-state index contributed by atoms with van der Waals surface area (Å²) in [6.45, 7) is 10.3. The summed E-state index contributed by atoms with van der Waals surface area (Å²) < 4.78 is -0.143. The molecule has 0 radical (unpaired) electrons. The van der Waals surface area contributed by atoms with Crippen LogP contribution in [-0.2, 0) is 4.79 Å². The van der Waals surface area contributed by atoms with Crippen molar-refractivity contribution in [1.29, 1.82) is 0 Å². The van der Waals surface area contributed by atoms with Gasteiger partial charge in [-0.25, -0.2) is 9.78 Å². The van der Waals surface area contributed by atoms with Gasteiger partial charge in [-0.3, -0.25) is 10.1 Å². The Morgan fingerprint density at radius 1 is 1.03 bits per heavy atom. The highest BCUT2D eigenvalue weighted by molar-refractivity contribution is 8.03. The summed E-state index contributed by atoms with van der Waals surface area (Å²) in [4.78, 5) is 31.4. The van der Waals surface area contributed by atoms with E-state index in [1.54, 1.807) is 20.0 Å². The standard InChI is InChI=1S/C24H39N3O3S2/c1-23(2,3)16-11-13-18(14-12-16)27(17-9-7-6-8-10-17)22(30)26-21-25-15-19(31-21)32-24(4,5)20(28)29/h15-18H,6-14H2,1-5H3,(H,28,29)(H,25,26,30)/t16-,18-. The molecule has 0 saturated heterocycles. The number of amides is 2. The SMILES string of the molecule is CC(C)(Sc1cnc(NC(=O)N(C2CCCCC2)[C@H]2CC[C@H](C(C)(C)C)CC2)s1)C(=O)O. The van der Waals surface area contributed by atoms with Crippen LogP contribution in [0.4, 0.5) is 9.93 Å². The quantitative estimate of drug-likeness (QED) is 0.433. The second-order valence-corrected chi connectivity index (χ2v) is 13.9. The summed E-state index contributed by atoms with van der Waals surface area (Å²) in [5.41, 5.74) is 0.321. The molecule has 1 aromatic rings. The average molecular weight is 482 g/mol. The van der Waals surface area contributed by atoms with E-state index in [9.17, 15) is 14.7 Å². The summed E-state index contributed by atoms with van der Waals surface area (Å²) in [6, 6.07) is 0.552. The number of aromatic nitrogens is 1. The molecule has 3 rings (SSSR count). The van der Waals surface area contributed by atoms with Crippen LogP contribution >= 0.6 is 23.1 Å². The maximum absolute atomic E-state index is 13.5. The largest absolute Gasteiger partial charge is 0.480 e. The maximum Gasteiger partial charge on any atom is 0.324 e. The van der Waals surface area contributed by atoms with Gasteiger partial charge >= 0.3 is 12.0 Å². The molecule has 180 valence electrons. The van der Waals surface area contributed by atoms with Gasteiger partial charge in [0.25, 0.3) is 0 Å².